The molecule has 4 heteroatoms. The minimum Gasteiger partial charge on any atom is -0.481 e. The first-order chi connectivity index (χ1) is 6.16. The summed E-state index contributed by atoms with van der Waals surface area (Å²) in [6.45, 7) is 3.31. The minimum atomic E-state index is -0.742. The summed E-state index contributed by atoms with van der Waals surface area (Å²) in [4.78, 5) is 10.1. The fourth-order valence-electron chi connectivity index (χ4n) is 0.939. The quantitative estimate of drug-likeness (QED) is 0.489. The number of rotatable bonds is 8. The minimum absolute atomic E-state index is 0.234. The fourth-order valence-corrected chi connectivity index (χ4v) is 0.939. The summed E-state index contributed by atoms with van der Waals surface area (Å²) in [6.07, 6.45) is 2.26. The van der Waals surface area contributed by atoms with Gasteiger partial charge in [0, 0.05) is 13.0 Å². The summed E-state index contributed by atoms with van der Waals surface area (Å²) in [6, 6.07) is 0. The topological polar surface area (TPSA) is 69.6 Å². The van der Waals surface area contributed by atoms with E-state index in [4.69, 9.17) is 10.2 Å². The van der Waals surface area contributed by atoms with Crippen LogP contribution in [0.15, 0.2) is 0 Å². The first kappa shape index (κ1) is 12.4. The molecule has 0 aromatic rings. The number of aliphatic hydroxyl groups is 1. The van der Waals surface area contributed by atoms with Crippen molar-refractivity contribution < 1.29 is 15.0 Å². The van der Waals surface area contributed by atoms with E-state index in [-0.39, 0.29) is 12.5 Å². The maximum atomic E-state index is 10.1. The number of aliphatic carboxylic acids is 1. The van der Waals surface area contributed by atoms with Crippen molar-refractivity contribution in [2.75, 3.05) is 13.1 Å². The first-order valence-corrected chi connectivity index (χ1v) is 4.77. The Hall–Kier alpha value is -0.610. The molecule has 0 aliphatic carbocycles. The number of hydrogen-bond acceptors (Lipinski definition) is 3. The molecule has 0 amide bonds. The van der Waals surface area contributed by atoms with E-state index < -0.39 is 5.97 Å². The molecule has 13 heavy (non-hydrogen) atoms. The van der Waals surface area contributed by atoms with Crippen LogP contribution < -0.4 is 5.32 Å². The third kappa shape index (κ3) is 9.30. The summed E-state index contributed by atoms with van der Waals surface area (Å²) < 4.78 is 0. The van der Waals surface area contributed by atoms with Crippen LogP contribution in [0.25, 0.3) is 0 Å². The Morgan fingerprint density at radius 1 is 1.46 bits per heavy atom. The second kappa shape index (κ2) is 8.01. The number of carbonyl (C=O) groups is 1. The molecule has 0 aliphatic rings. The highest BCUT2D eigenvalue weighted by Crippen LogP contribution is 1.93. The number of unbranched alkanes of at least 4 members (excludes halogenated alkanes) is 1. The third-order valence-corrected chi connectivity index (χ3v) is 1.85. The van der Waals surface area contributed by atoms with Crippen molar-refractivity contribution in [3.63, 3.8) is 0 Å². The maximum Gasteiger partial charge on any atom is 0.303 e. The largest absolute Gasteiger partial charge is 0.481 e. The summed E-state index contributed by atoms with van der Waals surface area (Å²) >= 11 is 0. The molecule has 0 fully saturated rings. The van der Waals surface area contributed by atoms with Gasteiger partial charge in [-0.3, -0.25) is 4.79 Å². The molecule has 0 aromatic heterocycles. The van der Waals surface area contributed by atoms with Crippen molar-refractivity contribution in [1.29, 1.82) is 0 Å². The van der Waals surface area contributed by atoms with E-state index >= 15 is 0 Å². The highest BCUT2D eigenvalue weighted by atomic mass is 16.4. The van der Waals surface area contributed by atoms with Crippen molar-refractivity contribution in [3.8, 4) is 0 Å². The monoisotopic (exact) mass is 189 g/mol. The molecule has 0 aliphatic heterocycles. The normalized spacial score (nSPS) is 12.8. The lowest BCUT2D eigenvalue weighted by molar-refractivity contribution is -0.137. The smallest absolute Gasteiger partial charge is 0.303 e. The predicted molar refractivity (Wildman–Crippen MR) is 50.7 cm³/mol. The van der Waals surface area contributed by atoms with E-state index in [2.05, 4.69) is 5.32 Å². The molecule has 0 saturated heterocycles. The number of hydrogen-bond donors (Lipinski definition) is 3. The second-order valence-corrected chi connectivity index (χ2v) is 3.12. The van der Waals surface area contributed by atoms with Gasteiger partial charge in [-0.1, -0.05) is 6.92 Å². The zero-order chi connectivity index (χ0) is 10.1. The van der Waals surface area contributed by atoms with Gasteiger partial charge >= 0.3 is 5.97 Å². The molecule has 0 heterocycles. The van der Waals surface area contributed by atoms with Gasteiger partial charge in [0.1, 0.15) is 0 Å². The predicted octanol–water partition coefficient (Wildman–Crippen LogP) is 0.602. The Kier molecular flexibility index (Phi) is 7.63. The lowest BCUT2D eigenvalue weighted by atomic mass is 10.2. The van der Waals surface area contributed by atoms with Gasteiger partial charge in [0.15, 0.2) is 0 Å². The first-order valence-electron chi connectivity index (χ1n) is 4.77. The Bertz CT molecular complexity index is 139. The van der Waals surface area contributed by atoms with Gasteiger partial charge in [-0.2, -0.15) is 0 Å². The Morgan fingerprint density at radius 3 is 2.69 bits per heavy atom. The van der Waals surface area contributed by atoms with E-state index in [1.807, 2.05) is 6.92 Å². The van der Waals surface area contributed by atoms with Gasteiger partial charge in [0.05, 0.1) is 6.10 Å². The summed E-state index contributed by atoms with van der Waals surface area (Å²) in [7, 11) is 0. The molecule has 0 saturated carbocycles. The van der Waals surface area contributed by atoms with Crippen LogP contribution >= 0.6 is 0 Å². The highest BCUT2D eigenvalue weighted by Gasteiger charge is 1.99. The van der Waals surface area contributed by atoms with Gasteiger partial charge in [-0.15, -0.1) is 0 Å². The number of aliphatic hydroxyl groups excluding tert-OH is 1. The zero-order valence-corrected chi connectivity index (χ0v) is 8.12. The fraction of sp³-hybridized carbons (Fsp3) is 0.889. The van der Waals surface area contributed by atoms with Crippen LogP contribution in [0.2, 0.25) is 0 Å². The SMILES string of the molecule is CCC(O)CNCCCCC(=O)O. The van der Waals surface area contributed by atoms with Gasteiger partial charge in [-0.05, 0) is 25.8 Å². The second-order valence-electron chi connectivity index (χ2n) is 3.12. The van der Waals surface area contributed by atoms with Gasteiger partial charge < -0.3 is 15.5 Å². The van der Waals surface area contributed by atoms with E-state index in [0.29, 0.717) is 13.0 Å². The Labute approximate surface area is 79.0 Å². The average molecular weight is 189 g/mol. The lowest BCUT2D eigenvalue weighted by Crippen LogP contribution is -2.26. The lowest BCUT2D eigenvalue weighted by Gasteiger charge is -2.08. The average Bonchev–Trinajstić information content (AvgIpc) is 2.10. The maximum absolute atomic E-state index is 10.1. The standard InChI is InChI=1S/C9H19NO3/c1-2-8(11)7-10-6-4-3-5-9(12)13/h8,10-11H,2-7H2,1H3,(H,12,13). The van der Waals surface area contributed by atoms with Crippen LogP contribution in [0.3, 0.4) is 0 Å². The van der Waals surface area contributed by atoms with Gasteiger partial charge in [0.2, 0.25) is 0 Å². The van der Waals surface area contributed by atoms with E-state index in [9.17, 15) is 4.79 Å². The van der Waals surface area contributed by atoms with E-state index in [0.717, 1.165) is 19.4 Å². The van der Waals surface area contributed by atoms with Crippen molar-refractivity contribution in [2.24, 2.45) is 0 Å². The Morgan fingerprint density at radius 2 is 2.15 bits per heavy atom. The molecule has 0 radical (unpaired) electrons. The molecule has 1 unspecified atom stereocenters. The number of carboxylic acids is 1. The molecule has 3 N–H and O–H groups in total. The Balaban J connectivity index is 3.04. The van der Waals surface area contributed by atoms with Crippen molar-refractivity contribution in [3.05, 3.63) is 0 Å². The molecular weight excluding hydrogens is 170 g/mol. The van der Waals surface area contributed by atoms with E-state index in [1.54, 1.807) is 0 Å². The van der Waals surface area contributed by atoms with Gasteiger partial charge in [0.25, 0.3) is 0 Å². The van der Waals surface area contributed by atoms with Crippen molar-refractivity contribution in [2.45, 2.75) is 38.7 Å². The van der Waals surface area contributed by atoms with Crippen LogP contribution in [-0.2, 0) is 4.79 Å². The summed E-state index contributed by atoms with van der Waals surface area (Å²) in [5, 5.41) is 20.5. The molecule has 78 valence electrons. The molecule has 0 rings (SSSR count). The number of nitrogens with one attached hydrogen (secondary N) is 1. The van der Waals surface area contributed by atoms with Crippen LogP contribution in [0.4, 0.5) is 0 Å². The van der Waals surface area contributed by atoms with Gasteiger partial charge in [-0.25, -0.2) is 0 Å². The summed E-state index contributed by atoms with van der Waals surface area (Å²) in [5.74, 6) is -0.742. The molecule has 0 spiro atoms. The van der Waals surface area contributed by atoms with Crippen molar-refractivity contribution in [1.82, 2.24) is 5.32 Å². The summed E-state index contributed by atoms with van der Waals surface area (Å²) in [5.41, 5.74) is 0. The molecule has 4 nitrogen and oxygen atoms in total. The van der Waals surface area contributed by atoms with Crippen LogP contribution in [0.5, 0.6) is 0 Å². The number of carboxylic acid groups (broad SMARTS) is 1. The molecular formula is C9H19NO3. The molecule has 0 bridgehead atoms. The molecule has 1 atom stereocenters. The van der Waals surface area contributed by atoms with Crippen LogP contribution in [-0.4, -0.2) is 35.4 Å². The zero-order valence-electron chi connectivity index (χ0n) is 8.12. The van der Waals surface area contributed by atoms with E-state index in [1.165, 1.54) is 0 Å². The third-order valence-electron chi connectivity index (χ3n) is 1.85. The highest BCUT2D eigenvalue weighted by molar-refractivity contribution is 5.66. The van der Waals surface area contributed by atoms with Crippen LogP contribution in [0, 0.1) is 0 Å². The van der Waals surface area contributed by atoms with Crippen molar-refractivity contribution >= 4 is 5.97 Å². The van der Waals surface area contributed by atoms with Crippen LogP contribution in [0.1, 0.15) is 32.6 Å². The molecule has 0 aromatic carbocycles.